The molecule has 0 spiro atoms. The quantitative estimate of drug-likeness (QED) is 0.399. The molecule has 132 valence electrons. The molecule has 2 rings (SSSR count). The number of ether oxygens (including phenoxy) is 1. The Hall–Kier alpha value is -2.82. The van der Waals surface area contributed by atoms with Crippen LogP contribution in [0.15, 0.2) is 54.6 Å². The maximum absolute atomic E-state index is 11.9. The van der Waals surface area contributed by atoms with Crippen molar-refractivity contribution in [3.63, 3.8) is 0 Å². The van der Waals surface area contributed by atoms with E-state index in [9.17, 15) is 9.59 Å². The molecule has 0 aliphatic rings. The van der Waals surface area contributed by atoms with Crippen molar-refractivity contribution in [2.24, 2.45) is 0 Å². The summed E-state index contributed by atoms with van der Waals surface area (Å²) < 4.78 is 5.61. The van der Waals surface area contributed by atoms with Gasteiger partial charge in [-0.25, -0.2) is 19.4 Å². The Morgan fingerprint density at radius 3 is 1.96 bits per heavy atom. The van der Waals surface area contributed by atoms with Crippen molar-refractivity contribution in [1.82, 2.24) is 0 Å². The van der Waals surface area contributed by atoms with Crippen LogP contribution in [-0.2, 0) is 9.78 Å². The van der Waals surface area contributed by atoms with Crippen LogP contribution in [0.3, 0.4) is 0 Å². The standard InChI is InChI=1S/C20H22O5/c1-2-3-4-8-15-23-18-13-11-17(12-14-18)20(22)25-24-19(21)16-9-6-5-7-10-16/h5-7,9-14H,2-4,8,15H2,1H3. The van der Waals surface area contributed by atoms with Crippen LogP contribution in [0.2, 0.25) is 0 Å². The first-order valence-corrected chi connectivity index (χ1v) is 8.42. The lowest BCUT2D eigenvalue weighted by atomic mass is 10.2. The van der Waals surface area contributed by atoms with Crippen molar-refractivity contribution in [3.8, 4) is 5.75 Å². The molecule has 2 aromatic rings. The van der Waals surface area contributed by atoms with E-state index < -0.39 is 11.9 Å². The van der Waals surface area contributed by atoms with Gasteiger partial charge in [-0.15, -0.1) is 0 Å². The molecule has 25 heavy (non-hydrogen) atoms. The minimum atomic E-state index is -0.737. The Kier molecular flexibility index (Phi) is 7.50. The second kappa shape index (κ2) is 10.1. The molecule has 5 heteroatoms. The highest BCUT2D eigenvalue weighted by atomic mass is 17.2. The van der Waals surface area contributed by atoms with Gasteiger partial charge >= 0.3 is 11.9 Å². The second-order valence-electron chi connectivity index (χ2n) is 5.54. The molecule has 2 aromatic carbocycles. The number of benzene rings is 2. The maximum atomic E-state index is 11.9. The van der Waals surface area contributed by atoms with Crippen molar-refractivity contribution in [1.29, 1.82) is 0 Å². The molecule has 0 aliphatic heterocycles. The van der Waals surface area contributed by atoms with Gasteiger partial charge in [0.1, 0.15) is 5.75 Å². The molecule has 0 aromatic heterocycles. The summed E-state index contributed by atoms with van der Waals surface area (Å²) in [6.07, 6.45) is 4.54. The van der Waals surface area contributed by atoms with E-state index in [4.69, 9.17) is 4.74 Å². The highest BCUT2D eigenvalue weighted by molar-refractivity contribution is 5.92. The van der Waals surface area contributed by atoms with Gasteiger partial charge in [0.25, 0.3) is 0 Å². The summed E-state index contributed by atoms with van der Waals surface area (Å²) in [6, 6.07) is 14.8. The largest absolute Gasteiger partial charge is 0.494 e. The molecule has 0 radical (unpaired) electrons. The molecule has 0 N–H and O–H groups in total. The van der Waals surface area contributed by atoms with Crippen molar-refractivity contribution in [2.75, 3.05) is 6.61 Å². The van der Waals surface area contributed by atoms with Gasteiger partial charge in [0.05, 0.1) is 17.7 Å². The molecule has 0 saturated carbocycles. The van der Waals surface area contributed by atoms with Crippen LogP contribution in [0.4, 0.5) is 0 Å². The molecular weight excluding hydrogens is 320 g/mol. The van der Waals surface area contributed by atoms with Gasteiger partial charge in [-0.05, 0) is 42.8 Å². The molecule has 0 unspecified atom stereocenters. The summed E-state index contributed by atoms with van der Waals surface area (Å²) in [7, 11) is 0. The molecule has 0 fully saturated rings. The van der Waals surface area contributed by atoms with Crippen molar-refractivity contribution >= 4 is 11.9 Å². The number of hydrogen-bond acceptors (Lipinski definition) is 5. The Morgan fingerprint density at radius 2 is 1.36 bits per heavy atom. The van der Waals surface area contributed by atoms with E-state index in [-0.39, 0.29) is 5.56 Å². The molecule has 0 saturated heterocycles. The van der Waals surface area contributed by atoms with Gasteiger partial charge in [-0.1, -0.05) is 44.4 Å². The molecule has 0 bridgehead atoms. The summed E-state index contributed by atoms with van der Waals surface area (Å²) >= 11 is 0. The predicted octanol–water partition coefficient (Wildman–Crippen LogP) is 4.57. The van der Waals surface area contributed by atoms with Crippen LogP contribution in [0, 0.1) is 0 Å². The zero-order valence-corrected chi connectivity index (χ0v) is 14.3. The fourth-order valence-corrected chi connectivity index (χ4v) is 2.15. The lowest BCUT2D eigenvalue weighted by molar-refractivity contribution is -0.187. The van der Waals surface area contributed by atoms with E-state index in [2.05, 4.69) is 16.7 Å². The van der Waals surface area contributed by atoms with Gasteiger partial charge in [0.15, 0.2) is 0 Å². The fraction of sp³-hybridized carbons (Fsp3) is 0.300. The van der Waals surface area contributed by atoms with Gasteiger partial charge in [-0.3, -0.25) is 0 Å². The zero-order chi connectivity index (χ0) is 17.9. The third kappa shape index (κ3) is 6.30. The van der Waals surface area contributed by atoms with Crippen LogP contribution >= 0.6 is 0 Å². The molecular formula is C20H22O5. The summed E-state index contributed by atoms with van der Waals surface area (Å²) in [5.74, 6) is -0.769. The topological polar surface area (TPSA) is 61.8 Å². The van der Waals surface area contributed by atoms with E-state index in [0.717, 1.165) is 12.8 Å². The van der Waals surface area contributed by atoms with E-state index in [1.807, 2.05) is 0 Å². The van der Waals surface area contributed by atoms with E-state index in [1.54, 1.807) is 54.6 Å². The Labute approximate surface area is 147 Å². The second-order valence-corrected chi connectivity index (χ2v) is 5.54. The van der Waals surface area contributed by atoms with Crippen molar-refractivity contribution in [2.45, 2.75) is 32.6 Å². The van der Waals surface area contributed by atoms with Crippen LogP contribution in [0.5, 0.6) is 5.75 Å². The lowest BCUT2D eigenvalue weighted by Gasteiger charge is -2.07. The lowest BCUT2D eigenvalue weighted by Crippen LogP contribution is -2.11. The van der Waals surface area contributed by atoms with Crippen LogP contribution in [0.1, 0.15) is 53.3 Å². The number of carbonyl (C=O) groups excluding carboxylic acids is 2. The molecule has 0 amide bonds. The first kappa shape index (κ1) is 18.5. The SMILES string of the molecule is CCCCCCOc1ccc(C(=O)OOC(=O)c2ccccc2)cc1. The number of rotatable bonds is 8. The third-order valence-electron chi connectivity index (χ3n) is 3.56. The summed E-state index contributed by atoms with van der Waals surface area (Å²) in [6.45, 7) is 2.81. The summed E-state index contributed by atoms with van der Waals surface area (Å²) in [5.41, 5.74) is 0.585. The Morgan fingerprint density at radius 1 is 0.760 bits per heavy atom. The molecule has 0 atom stereocenters. The first-order valence-electron chi connectivity index (χ1n) is 8.42. The number of unbranched alkanes of at least 4 members (excludes halogenated alkanes) is 3. The van der Waals surface area contributed by atoms with Gasteiger partial charge in [0, 0.05) is 0 Å². The van der Waals surface area contributed by atoms with Gasteiger partial charge < -0.3 is 4.74 Å². The van der Waals surface area contributed by atoms with Crippen LogP contribution in [0.25, 0.3) is 0 Å². The predicted molar refractivity (Wildman–Crippen MR) is 93.4 cm³/mol. The average molecular weight is 342 g/mol. The van der Waals surface area contributed by atoms with Crippen LogP contribution in [-0.4, -0.2) is 18.5 Å². The molecule has 0 aliphatic carbocycles. The van der Waals surface area contributed by atoms with Crippen molar-refractivity contribution in [3.05, 3.63) is 65.7 Å². The zero-order valence-electron chi connectivity index (χ0n) is 14.3. The van der Waals surface area contributed by atoms with E-state index in [1.165, 1.54) is 12.8 Å². The molecule has 0 heterocycles. The van der Waals surface area contributed by atoms with Gasteiger partial charge in [0.2, 0.25) is 0 Å². The monoisotopic (exact) mass is 342 g/mol. The third-order valence-corrected chi connectivity index (χ3v) is 3.56. The minimum absolute atomic E-state index is 0.277. The normalized spacial score (nSPS) is 10.1. The first-order chi connectivity index (χ1) is 12.2. The Bertz CT molecular complexity index is 664. The number of carbonyl (C=O) groups is 2. The maximum Gasteiger partial charge on any atom is 0.386 e. The summed E-state index contributed by atoms with van der Waals surface area (Å²) in [5, 5.41) is 0. The minimum Gasteiger partial charge on any atom is -0.494 e. The Balaban J connectivity index is 1.77. The van der Waals surface area contributed by atoms with Gasteiger partial charge in [-0.2, -0.15) is 0 Å². The molecule has 5 nitrogen and oxygen atoms in total. The van der Waals surface area contributed by atoms with E-state index >= 15 is 0 Å². The highest BCUT2D eigenvalue weighted by Gasteiger charge is 2.13. The van der Waals surface area contributed by atoms with E-state index in [0.29, 0.717) is 17.9 Å². The smallest absolute Gasteiger partial charge is 0.386 e. The fourth-order valence-electron chi connectivity index (χ4n) is 2.15. The number of hydrogen-bond donors (Lipinski definition) is 0. The van der Waals surface area contributed by atoms with Crippen LogP contribution < -0.4 is 4.74 Å². The highest BCUT2D eigenvalue weighted by Crippen LogP contribution is 2.14. The summed E-state index contributed by atoms with van der Waals surface area (Å²) in [4.78, 5) is 32.7. The van der Waals surface area contributed by atoms with Crippen molar-refractivity contribution < 1.29 is 24.1 Å². The average Bonchev–Trinajstić information content (AvgIpc) is 2.67.